The van der Waals surface area contributed by atoms with E-state index in [1.54, 1.807) is 12.3 Å². The third-order valence-corrected chi connectivity index (χ3v) is 3.37. The van der Waals surface area contributed by atoms with Crippen LogP contribution < -0.4 is 11.1 Å². The highest BCUT2D eigenvalue weighted by Gasteiger charge is 2.21. The van der Waals surface area contributed by atoms with Crippen molar-refractivity contribution in [3.8, 4) is 0 Å². The van der Waals surface area contributed by atoms with Gasteiger partial charge in [-0.25, -0.2) is 0 Å². The van der Waals surface area contributed by atoms with E-state index >= 15 is 0 Å². The van der Waals surface area contributed by atoms with E-state index in [9.17, 15) is 4.79 Å². The lowest BCUT2D eigenvalue weighted by Gasteiger charge is -2.27. The molecule has 3 N–H and O–H groups in total. The molecule has 1 heterocycles. The van der Waals surface area contributed by atoms with Gasteiger partial charge in [-0.15, -0.1) is 12.4 Å². The lowest BCUT2D eigenvalue weighted by atomic mass is 9.87. The summed E-state index contributed by atoms with van der Waals surface area (Å²) in [7, 11) is 0. The number of hydrogen-bond donors (Lipinski definition) is 2. The van der Waals surface area contributed by atoms with Gasteiger partial charge in [0.15, 0.2) is 0 Å². The van der Waals surface area contributed by atoms with Crippen LogP contribution in [0.3, 0.4) is 0 Å². The first kappa shape index (κ1) is 14.8. The SMILES string of the molecule is CC1CCCC(NC(=O)c2cnccc2N)C1.Cl. The van der Waals surface area contributed by atoms with Crippen LogP contribution in [0.15, 0.2) is 18.5 Å². The number of aromatic nitrogens is 1. The second-order valence-corrected chi connectivity index (χ2v) is 4.91. The molecular formula is C13H20ClN3O. The van der Waals surface area contributed by atoms with Crippen molar-refractivity contribution in [3.63, 3.8) is 0 Å². The fourth-order valence-electron chi connectivity index (χ4n) is 2.42. The summed E-state index contributed by atoms with van der Waals surface area (Å²) in [4.78, 5) is 15.9. The van der Waals surface area contributed by atoms with Crippen molar-refractivity contribution in [1.82, 2.24) is 10.3 Å². The van der Waals surface area contributed by atoms with Gasteiger partial charge >= 0.3 is 0 Å². The van der Waals surface area contributed by atoms with Gasteiger partial charge in [-0.2, -0.15) is 0 Å². The summed E-state index contributed by atoms with van der Waals surface area (Å²) in [6.07, 6.45) is 7.70. The van der Waals surface area contributed by atoms with Gasteiger partial charge in [0.1, 0.15) is 0 Å². The lowest BCUT2D eigenvalue weighted by molar-refractivity contribution is 0.0922. The Morgan fingerprint density at radius 1 is 1.50 bits per heavy atom. The Labute approximate surface area is 114 Å². The molecule has 2 rings (SSSR count). The fraction of sp³-hybridized carbons (Fsp3) is 0.538. The van der Waals surface area contributed by atoms with E-state index in [1.807, 2.05) is 0 Å². The molecule has 0 aromatic carbocycles. The maximum absolute atomic E-state index is 12.0. The highest BCUT2D eigenvalue weighted by molar-refractivity contribution is 5.98. The van der Waals surface area contributed by atoms with Crippen LogP contribution in [0, 0.1) is 5.92 Å². The minimum absolute atomic E-state index is 0. The van der Waals surface area contributed by atoms with Gasteiger partial charge in [-0.1, -0.05) is 19.8 Å². The number of nitrogen functional groups attached to an aromatic ring is 1. The maximum Gasteiger partial charge on any atom is 0.255 e. The molecule has 0 radical (unpaired) electrons. The Morgan fingerprint density at radius 3 is 2.94 bits per heavy atom. The molecule has 1 aromatic heterocycles. The van der Waals surface area contributed by atoms with Crippen LogP contribution in [-0.4, -0.2) is 16.9 Å². The maximum atomic E-state index is 12.0. The van der Waals surface area contributed by atoms with Gasteiger partial charge < -0.3 is 11.1 Å². The number of halogens is 1. The van der Waals surface area contributed by atoms with E-state index in [4.69, 9.17) is 5.73 Å². The first-order chi connectivity index (χ1) is 8.16. The number of amides is 1. The number of anilines is 1. The highest BCUT2D eigenvalue weighted by atomic mass is 35.5. The zero-order valence-electron chi connectivity index (χ0n) is 10.6. The largest absolute Gasteiger partial charge is 0.398 e. The molecule has 0 bridgehead atoms. The minimum atomic E-state index is -0.102. The van der Waals surface area contributed by atoms with Crippen LogP contribution in [-0.2, 0) is 0 Å². The molecule has 18 heavy (non-hydrogen) atoms. The normalized spacial score (nSPS) is 22.9. The Morgan fingerprint density at radius 2 is 2.28 bits per heavy atom. The van der Waals surface area contributed by atoms with Gasteiger partial charge in [0.2, 0.25) is 0 Å². The average Bonchev–Trinajstić information content (AvgIpc) is 2.29. The average molecular weight is 270 g/mol. The van der Waals surface area contributed by atoms with E-state index in [1.165, 1.54) is 19.0 Å². The molecule has 0 aliphatic heterocycles. The van der Waals surface area contributed by atoms with Crippen molar-refractivity contribution < 1.29 is 4.79 Å². The summed E-state index contributed by atoms with van der Waals surface area (Å²) >= 11 is 0. The second-order valence-electron chi connectivity index (χ2n) is 4.91. The third kappa shape index (κ3) is 3.60. The topological polar surface area (TPSA) is 68.0 Å². The number of carbonyl (C=O) groups is 1. The van der Waals surface area contributed by atoms with Gasteiger partial charge in [-0.05, 0) is 24.8 Å². The van der Waals surface area contributed by atoms with E-state index in [0.717, 1.165) is 12.8 Å². The lowest BCUT2D eigenvalue weighted by Crippen LogP contribution is -2.38. The molecule has 1 aliphatic rings. The zero-order valence-corrected chi connectivity index (χ0v) is 11.4. The highest BCUT2D eigenvalue weighted by Crippen LogP contribution is 2.23. The smallest absolute Gasteiger partial charge is 0.255 e. The summed E-state index contributed by atoms with van der Waals surface area (Å²) in [5, 5.41) is 3.05. The van der Waals surface area contributed by atoms with Crippen molar-refractivity contribution in [2.75, 3.05) is 5.73 Å². The Bertz CT molecular complexity index is 411. The van der Waals surface area contributed by atoms with Crippen LogP contribution in [0.4, 0.5) is 5.69 Å². The van der Waals surface area contributed by atoms with Crippen LogP contribution in [0.5, 0.6) is 0 Å². The van der Waals surface area contributed by atoms with Crippen LogP contribution in [0.2, 0.25) is 0 Å². The van der Waals surface area contributed by atoms with Crippen molar-refractivity contribution in [3.05, 3.63) is 24.0 Å². The van der Waals surface area contributed by atoms with Gasteiger partial charge in [0.25, 0.3) is 5.91 Å². The molecular weight excluding hydrogens is 250 g/mol. The first-order valence-electron chi connectivity index (χ1n) is 6.17. The third-order valence-electron chi connectivity index (χ3n) is 3.37. The Hall–Kier alpha value is -1.29. The van der Waals surface area contributed by atoms with E-state index in [2.05, 4.69) is 17.2 Å². The Kier molecular flexibility index (Phi) is 5.41. The number of nitrogens with one attached hydrogen (secondary N) is 1. The molecule has 2 atom stereocenters. The number of nitrogens with zero attached hydrogens (tertiary/aromatic N) is 1. The first-order valence-corrected chi connectivity index (χ1v) is 6.17. The van der Waals surface area contributed by atoms with Gasteiger partial charge in [0.05, 0.1) is 5.56 Å². The number of rotatable bonds is 2. The predicted molar refractivity (Wildman–Crippen MR) is 74.8 cm³/mol. The monoisotopic (exact) mass is 269 g/mol. The fourth-order valence-corrected chi connectivity index (χ4v) is 2.42. The summed E-state index contributed by atoms with van der Waals surface area (Å²) in [6, 6.07) is 1.93. The minimum Gasteiger partial charge on any atom is -0.398 e. The van der Waals surface area contributed by atoms with Crippen LogP contribution in [0.1, 0.15) is 43.0 Å². The molecule has 100 valence electrons. The number of nitrogens with two attached hydrogens (primary N) is 1. The molecule has 0 spiro atoms. The summed E-state index contributed by atoms with van der Waals surface area (Å²) < 4.78 is 0. The van der Waals surface area contributed by atoms with Crippen molar-refractivity contribution in [2.45, 2.75) is 38.6 Å². The van der Waals surface area contributed by atoms with E-state index in [-0.39, 0.29) is 24.4 Å². The van der Waals surface area contributed by atoms with Gasteiger partial charge in [0, 0.05) is 24.1 Å². The molecule has 1 amide bonds. The number of hydrogen-bond acceptors (Lipinski definition) is 3. The molecule has 1 fully saturated rings. The van der Waals surface area contributed by atoms with E-state index in [0.29, 0.717) is 17.2 Å². The van der Waals surface area contributed by atoms with Crippen LogP contribution in [0.25, 0.3) is 0 Å². The standard InChI is InChI=1S/C13H19N3O.ClH/c1-9-3-2-4-10(7-9)16-13(17)11-8-15-6-5-12(11)14;/h5-6,8-10H,2-4,7H2,1H3,(H2,14,15)(H,16,17);1H. The Balaban J connectivity index is 0.00000162. The molecule has 1 aliphatic carbocycles. The molecule has 1 saturated carbocycles. The van der Waals surface area contributed by atoms with Crippen molar-refractivity contribution >= 4 is 24.0 Å². The second kappa shape index (κ2) is 6.59. The molecule has 5 heteroatoms. The number of carbonyl (C=O) groups excluding carboxylic acids is 1. The summed E-state index contributed by atoms with van der Waals surface area (Å²) in [6.45, 7) is 2.23. The quantitative estimate of drug-likeness (QED) is 0.866. The summed E-state index contributed by atoms with van der Waals surface area (Å²) in [5.74, 6) is 0.593. The molecule has 1 aromatic rings. The molecule has 4 nitrogen and oxygen atoms in total. The molecule has 2 unspecified atom stereocenters. The van der Waals surface area contributed by atoms with Crippen molar-refractivity contribution in [2.24, 2.45) is 5.92 Å². The molecule has 0 saturated heterocycles. The van der Waals surface area contributed by atoms with Crippen molar-refractivity contribution in [1.29, 1.82) is 0 Å². The summed E-state index contributed by atoms with van der Waals surface area (Å²) in [5.41, 5.74) is 6.72. The number of pyridine rings is 1. The van der Waals surface area contributed by atoms with Crippen LogP contribution >= 0.6 is 12.4 Å². The predicted octanol–water partition coefficient (Wildman–Crippen LogP) is 2.39. The van der Waals surface area contributed by atoms with Gasteiger partial charge in [-0.3, -0.25) is 9.78 Å². The zero-order chi connectivity index (χ0) is 12.3. The van der Waals surface area contributed by atoms with E-state index < -0.39 is 0 Å².